The lowest BCUT2D eigenvalue weighted by atomic mass is 10.1. The highest BCUT2D eigenvalue weighted by atomic mass is 79.9. The van der Waals surface area contributed by atoms with Crippen LogP contribution in [0.5, 0.6) is 0 Å². The van der Waals surface area contributed by atoms with Crippen LogP contribution in [0.1, 0.15) is 11.1 Å². The summed E-state index contributed by atoms with van der Waals surface area (Å²) in [6, 6.07) is 8.83. The highest BCUT2D eigenvalue weighted by Gasteiger charge is 2.12. The van der Waals surface area contributed by atoms with Gasteiger partial charge in [-0.25, -0.2) is 0 Å². The maximum atomic E-state index is 12.2. The van der Waals surface area contributed by atoms with Crippen molar-refractivity contribution in [1.82, 2.24) is 0 Å². The normalized spacial score (nSPS) is 11.1. The molecule has 0 atom stereocenters. The quantitative estimate of drug-likeness (QED) is 0.666. The average Bonchev–Trinajstić information content (AvgIpc) is 2.77. The van der Waals surface area contributed by atoms with Gasteiger partial charge in [0.15, 0.2) is 21.6 Å². The summed E-state index contributed by atoms with van der Waals surface area (Å²) >= 11 is 3.24. The molecule has 3 rings (SSSR count). The summed E-state index contributed by atoms with van der Waals surface area (Å²) in [5.74, 6) is 0.973. The van der Waals surface area contributed by atoms with Gasteiger partial charge in [-0.15, -0.1) is 0 Å². The molecule has 0 saturated heterocycles. The summed E-state index contributed by atoms with van der Waals surface area (Å²) < 4.78 is 11.8. The second-order valence-corrected chi connectivity index (χ2v) is 5.32. The molecule has 0 unspecified atom stereocenters. The van der Waals surface area contributed by atoms with E-state index in [4.69, 9.17) is 8.83 Å². The summed E-state index contributed by atoms with van der Waals surface area (Å²) in [5, 5.41) is 0.604. The molecular formula is C15H11BrO3. The standard InChI is InChI=1S/C15H11BrO3/c1-8-5-9(2)15-10(6-8)11(17)7-13(19-15)12-3-4-14(16)18-12/h3-7H,1-2H3. The van der Waals surface area contributed by atoms with Crippen LogP contribution >= 0.6 is 15.9 Å². The molecule has 3 aromatic rings. The second-order valence-electron chi connectivity index (χ2n) is 4.54. The van der Waals surface area contributed by atoms with E-state index >= 15 is 0 Å². The highest BCUT2D eigenvalue weighted by molar-refractivity contribution is 9.10. The van der Waals surface area contributed by atoms with Gasteiger partial charge in [-0.2, -0.15) is 0 Å². The third-order valence-electron chi connectivity index (χ3n) is 2.97. The maximum absolute atomic E-state index is 12.2. The van der Waals surface area contributed by atoms with E-state index in [1.807, 2.05) is 26.0 Å². The van der Waals surface area contributed by atoms with Crippen LogP contribution in [0.3, 0.4) is 0 Å². The fraction of sp³-hybridized carbons (Fsp3) is 0.133. The first-order valence-electron chi connectivity index (χ1n) is 5.85. The summed E-state index contributed by atoms with van der Waals surface area (Å²) in [7, 11) is 0. The van der Waals surface area contributed by atoms with Gasteiger partial charge >= 0.3 is 0 Å². The van der Waals surface area contributed by atoms with Crippen molar-refractivity contribution >= 4 is 26.9 Å². The molecule has 0 amide bonds. The SMILES string of the molecule is Cc1cc(C)c2oc(-c3ccc(Br)o3)cc(=O)c2c1. The van der Waals surface area contributed by atoms with Gasteiger partial charge in [0.25, 0.3) is 0 Å². The molecule has 0 aliphatic carbocycles. The Hall–Kier alpha value is -1.81. The fourth-order valence-corrected chi connectivity index (χ4v) is 2.48. The van der Waals surface area contributed by atoms with Gasteiger partial charge < -0.3 is 8.83 Å². The third-order valence-corrected chi connectivity index (χ3v) is 3.40. The van der Waals surface area contributed by atoms with Crippen LogP contribution in [0.15, 0.2) is 48.6 Å². The monoisotopic (exact) mass is 318 g/mol. The Morgan fingerprint density at radius 2 is 1.79 bits per heavy atom. The molecule has 0 spiro atoms. The van der Waals surface area contributed by atoms with E-state index in [1.165, 1.54) is 6.07 Å². The molecular weight excluding hydrogens is 308 g/mol. The molecule has 3 nitrogen and oxygen atoms in total. The number of aryl methyl sites for hydroxylation is 2. The van der Waals surface area contributed by atoms with E-state index in [-0.39, 0.29) is 5.43 Å². The molecule has 4 heteroatoms. The fourth-order valence-electron chi connectivity index (χ4n) is 2.18. The zero-order valence-electron chi connectivity index (χ0n) is 10.5. The largest absolute Gasteiger partial charge is 0.452 e. The maximum Gasteiger partial charge on any atom is 0.193 e. The minimum Gasteiger partial charge on any atom is -0.452 e. The van der Waals surface area contributed by atoms with Crippen LogP contribution in [-0.2, 0) is 0 Å². The Balaban J connectivity index is 2.33. The van der Waals surface area contributed by atoms with Crippen LogP contribution in [0.2, 0.25) is 0 Å². The number of furan rings is 1. The second kappa shape index (κ2) is 4.38. The van der Waals surface area contributed by atoms with Crippen molar-refractivity contribution in [2.45, 2.75) is 13.8 Å². The smallest absolute Gasteiger partial charge is 0.193 e. The van der Waals surface area contributed by atoms with Gasteiger partial charge in [-0.1, -0.05) is 6.07 Å². The molecule has 2 heterocycles. The Bertz CT molecular complexity index is 827. The first-order valence-corrected chi connectivity index (χ1v) is 6.65. The first kappa shape index (κ1) is 12.2. The van der Waals surface area contributed by atoms with E-state index in [0.29, 0.717) is 27.2 Å². The van der Waals surface area contributed by atoms with Gasteiger partial charge in [0, 0.05) is 6.07 Å². The Labute approximate surface area is 118 Å². The molecule has 0 aliphatic heterocycles. The third kappa shape index (κ3) is 2.12. The number of rotatable bonds is 1. The first-order chi connectivity index (χ1) is 9.04. The van der Waals surface area contributed by atoms with Crippen molar-refractivity contribution in [3.05, 3.63) is 56.4 Å². The average molecular weight is 319 g/mol. The van der Waals surface area contributed by atoms with Crippen molar-refractivity contribution in [2.24, 2.45) is 0 Å². The van der Waals surface area contributed by atoms with E-state index in [2.05, 4.69) is 15.9 Å². The highest BCUT2D eigenvalue weighted by Crippen LogP contribution is 2.27. The molecule has 19 heavy (non-hydrogen) atoms. The Kier molecular flexibility index (Phi) is 2.82. The van der Waals surface area contributed by atoms with E-state index in [1.54, 1.807) is 12.1 Å². The molecule has 0 aliphatic rings. The lowest BCUT2D eigenvalue weighted by Crippen LogP contribution is -2.01. The molecule has 1 aromatic carbocycles. The van der Waals surface area contributed by atoms with Gasteiger partial charge in [-0.05, 0) is 59.1 Å². The topological polar surface area (TPSA) is 43.4 Å². The van der Waals surface area contributed by atoms with Crippen molar-refractivity contribution < 1.29 is 8.83 Å². The zero-order chi connectivity index (χ0) is 13.6. The molecule has 2 aromatic heterocycles. The molecule has 0 fully saturated rings. The lowest BCUT2D eigenvalue weighted by Gasteiger charge is -2.04. The van der Waals surface area contributed by atoms with Gasteiger partial charge in [0.05, 0.1) is 5.39 Å². The number of fused-ring (bicyclic) bond motifs is 1. The minimum atomic E-state index is -0.0597. The summed E-state index contributed by atoms with van der Waals surface area (Å²) in [5.41, 5.74) is 2.54. The van der Waals surface area contributed by atoms with Crippen molar-refractivity contribution in [3.8, 4) is 11.5 Å². The molecule has 0 radical (unpaired) electrons. The van der Waals surface area contributed by atoms with Crippen LogP contribution in [0.25, 0.3) is 22.5 Å². The van der Waals surface area contributed by atoms with Crippen molar-refractivity contribution in [1.29, 1.82) is 0 Å². The number of hydrogen-bond acceptors (Lipinski definition) is 3. The van der Waals surface area contributed by atoms with Gasteiger partial charge in [0.2, 0.25) is 0 Å². The molecule has 96 valence electrons. The van der Waals surface area contributed by atoms with Crippen molar-refractivity contribution in [3.63, 3.8) is 0 Å². The molecule has 0 bridgehead atoms. The van der Waals surface area contributed by atoms with E-state index in [9.17, 15) is 4.79 Å². The zero-order valence-corrected chi connectivity index (χ0v) is 12.1. The van der Waals surface area contributed by atoms with Crippen molar-refractivity contribution in [2.75, 3.05) is 0 Å². The predicted octanol–water partition coefficient (Wildman–Crippen LogP) is 4.43. The molecule has 0 saturated carbocycles. The molecule has 0 N–H and O–H groups in total. The van der Waals surface area contributed by atoms with E-state index < -0.39 is 0 Å². The summed E-state index contributed by atoms with van der Waals surface area (Å²) in [6.07, 6.45) is 0. The Morgan fingerprint density at radius 3 is 2.47 bits per heavy atom. The minimum absolute atomic E-state index is 0.0597. The van der Waals surface area contributed by atoms with Crippen LogP contribution in [0, 0.1) is 13.8 Å². The van der Waals surface area contributed by atoms with Crippen LogP contribution in [0.4, 0.5) is 0 Å². The predicted molar refractivity (Wildman–Crippen MR) is 77.4 cm³/mol. The number of hydrogen-bond donors (Lipinski definition) is 0. The lowest BCUT2D eigenvalue weighted by molar-refractivity contribution is 0.520. The van der Waals surface area contributed by atoms with E-state index in [0.717, 1.165) is 11.1 Å². The number of halogens is 1. The van der Waals surface area contributed by atoms with Gasteiger partial charge in [0.1, 0.15) is 5.58 Å². The number of benzene rings is 1. The summed E-state index contributed by atoms with van der Waals surface area (Å²) in [4.78, 5) is 12.2. The van der Waals surface area contributed by atoms with Gasteiger partial charge in [-0.3, -0.25) is 4.79 Å². The Morgan fingerprint density at radius 1 is 1.00 bits per heavy atom. The van der Waals surface area contributed by atoms with Crippen LogP contribution in [-0.4, -0.2) is 0 Å². The summed E-state index contributed by atoms with van der Waals surface area (Å²) in [6.45, 7) is 3.89. The van der Waals surface area contributed by atoms with Crippen LogP contribution < -0.4 is 5.43 Å².